The highest BCUT2D eigenvalue weighted by atomic mass is 35.5. The number of rotatable bonds is 7. The second-order valence-electron chi connectivity index (χ2n) is 4.19. The number of nitrogens with one attached hydrogen (secondary N) is 1. The van der Waals surface area contributed by atoms with Gasteiger partial charge in [-0.3, -0.25) is 4.79 Å². The predicted octanol–water partition coefficient (Wildman–Crippen LogP) is 2.76. The number of likely N-dealkylation sites (N-methyl/N-ethyl adjacent to an activating group) is 1. The lowest BCUT2D eigenvalue weighted by Gasteiger charge is -2.26. The van der Waals surface area contributed by atoms with Crippen LogP contribution in [-0.2, 0) is 9.53 Å². The Balaban J connectivity index is 2.55. The summed E-state index contributed by atoms with van der Waals surface area (Å²) in [7, 11) is 1.76. The van der Waals surface area contributed by atoms with E-state index < -0.39 is 5.54 Å². The number of carbonyl (C=O) groups is 1. The molecule has 19 heavy (non-hydrogen) atoms. The lowest BCUT2D eigenvalue weighted by atomic mass is 10.00. The maximum atomic E-state index is 11.9. The average molecular weight is 303 g/mol. The lowest BCUT2D eigenvalue weighted by Crippen LogP contribution is -2.49. The van der Waals surface area contributed by atoms with Gasteiger partial charge in [0.25, 0.3) is 0 Å². The monoisotopic (exact) mass is 302 g/mol. The normalized spacial score (nSPS) is 13.9. The second kappa shape index (κ2) is 7.72. The Kier molecular flexibility index (Phi) is 6.62. The fraction of sp³-hybridized carbons (Fsp3) is 0.538. The number of hydrogen-bond donors (Lipinski definition) is 1. The van der Waals surface area contributed by atoms with Gasteiger partial charge >= 0.3 is 5.97 Å². The molecule has 106 valence electrons. The van der Waals surface area contributed by atoms with Crippen LogP contribution in [0.5, 0.6) is 0 Å². The van der Waals surface area contributed by atoms with Gasteiger partial charge in [0.1, 0.15) is 10.6 Å². The van der Waals surface area contributed by atoms with Crippen molar-refractivity contribution in [1.82, 2.24) is 10.3 Å². The van der Waals surface area contributed by atoms with Gasteiger partial charge in [-0.15, -0.1) is 11.8 Å². The molecule has 0 aromatic carbocycles. The molecule has 0 saturated heterocycles. The third-order valence-electron chi connectivity index (χ3n) is 2.84. The first kappa shape index (κ1) is 16.3. The summed E-state index contributed by atoms with van der Waals surface area (Å²) in [6, 6.07) is 3.60. The molecular weight excluding hydrogens is 284 g/mol. The molecule has 1 unspecified atom stereocenters. The smallest absolute Gasteiger partial charge is 0.326 e. The van der Waals surface area contributed by atoms with Crippen LogP contribution in [0.3, 0.4) is 0 Å². The van der Waals surface area contributed by atoms with E-state index in [-0.39, 0.29) is 5.97 Å². The first-order valence-electron chi connectivity index (χ1n) is 6.13. The van der Waals surface area contributed by atoms with Crippen LogP contribution in [0.2, 0.25) is 5.02 Å². The van der Waals surface area contributed by atoms with Crippen LogP contribution >= 0.6 is 23.4 Å². The summed E-state index contributed by atoms with van der Waals surface area (Å²) in [5.74, 6) is 0.498. The van der Waals surface area contributed by atoms with Gasteiger partial charge in [0.15, 0.2) is 0 Å². The van der Waals surface area contributed by atoms with Crippen LogP contribution in [0.15, 0.2) is 23.4 Å². The molecule has 0 aliphatic heterocycles. The van der Waals surface area contributed by atoms with Gasteiger partial charge < -0.3 is 10.1 Å². The highest BCUT2D eigenvalue weighted by molar-refractivity contribution is 7.99. The van der Waals surface area contributed by atoms with Crippen molar-refractivity contribution in [2.24, 2.45) is 0 Å². The van der Waals surface area contributed by atoms with Crippen LogP contribution < -0.4 is 5.32 Å². The Bertz CT molecular complexity index is 431. The van der Waals surface area contributed by atoms with E-state index in [9.17, 15) is 4.79 Å². The van der Waals surface area contributed by atoms with E-state index >= 15 is 0 Å². The van der Waals surface area contributed by atoms with Crippen LogP contribution in [0.25, 0.3) is 0 Å². The minimum atomic E-state index is -0.676. The molecule has 0 amide bonds. The number of esters is 1. The van der Waals surface area contributed by atoms with E-state index in [0.717, 1.165) is 10.8 Å². The molecule has 1 heterocycles. The molecule has 0 radical (unpaired) electrons. The molecule has 0 aliphatic carbocycles. The van der Waals surface area contributed by atoms with Gasteiger partial charge in [-0.1, -0.05) is 11.6 Å². The maximum Gasteiger partial charge on any atom is 0.326 e. The van der Waals surface area contributed by atoms with Crippen molar-refractivity contribution in [1.29, 1.82) is 0 Å². The second-order valence-corrected chi connectivity index (χ2v) is 5.68. The number of ether oxygens (including phenoxy) is 1. The van der Waals surface area contributed by atoms with Crippen molar-refractivity contribution < 1.29 is 9.53 Å². The third-order valence-corrected chi connectivity index (χ3v) is 4.27. The Morgan fingerprint density at radius 3 is 2.95 bits per heavy atom. The molecule has 0 spiro atoms. The van der Waals surface area contributed by atoms with Crippen LogP contribution in [0, 0.1) is 0 Å². The largest absolute Gasteiger partial charge is 0.465 e. The summed E-state index contributed by atoms with van der Waals surface area (Å²) in [4.78, 5) is 16.1. The molecule has 1 atom stereocenters. The lowest BCUT2D eigenvalue weighted by molar-refractivity contribution is -0.150. The number of hydrogen-bond acceptors (Lipinski definition) is 5. The summed E-state index contributed by atoms with van der Waals surface area (Å²) < 4.78 is 5.07. The zero-order valence-corrected chi connectivity index (χ0v) is 13.0. The number of nitrogens with zero attached hydrogens (tertiary/aromatic N) is 1. The Labute approximate surface area is 123 Å². The summed E-state index contributed by atoms with van der Waals surface area (Å²) >= 11 is 7.56. The fourth-order valence-corrected chi connectivity index (χ4v) is 2.78. The van der Waals surface area contributed by atoms with E-state index in [1.807, 2.05) is 6.92 Å². The summed E-state index contributed by atoms with van der Waals surface area (Å²) in [5.41, 5.74) is -0.676. The highest BCUT2D eigenvalue weighted by Gasteiger charge is 2.32. The van der Waals surface area contributed by atoms with Crippen molar-refractivity contribution in [3.8, 4) is 0 Å². The SMILES string of the molecule is CCOC(=O)C(C)(CCSc1ncccc1Cl)NC. The topological polar surface area (TPSA) is 51.2 Å². The van der Waals surface area contributed by atoms with Gasteiger partial charge in [-0.2, -0.15) is 0 Å². The van der Waals surface area contributed by atoms with E-state index in [4.69, 9.17) is 16.3 Å². The summed E-state index contributed by atoms with van der Waals surface area (Å²) in [6.45, 7) is 4.03. The molecule has 4 nitrogen and oxygen atoms in total. The minimum absolute atomic E-state index is 0.231. The maximum absolute atomic E-state index is 11.9. The molecule has 1 aromatic heterocycles. The van der Waals surface area contributed by atoms with E-state index in [2.05, 4.69) is 10.3 Å². The Morgan fingerprint density at radius 2 is 2.37 bits per heavy atom. The van der Waals surface area contributed by atoms with Gasteiger partial charge in [0.05, 0.1) is 11.6 Å². The quantitative estimate of drug-likeness (QED) is 0.620. The summed E-state index contributed by atoms with van der Waals surface area (Å²) in [5, 5.41) is 4.44. The fourth-order valence-electron chi connectivity index (χ4n) is 1.45. The molecule has 1 N–H and O–H groups in total. The van der Waals surface area contributed by atoms with Crippen LogP contribution in [-0.4, -0.2) is 35.9 Å². The first-order valence-corrected chi connectivity index (χ1v) is 7.49. The van der Waals surface area contributed by atoms with Crippen molar-refractivity contribution in [2.75, 3.05) is 19.4 Å². The van der Waals surface area contributed by atoms with Gasteiger partial charge in [-0.25, -0.2) is 4.98 Å². The molecule has 1 aromatic rings. The zero-order valence-electron chi connectivity index (χ0n) is 11.4. The molecular formula is C13H19ClN2O2S. The minimum Gasteiger partial charge on any atom is -0.465 e. The molecule has 0 bridgehead atoms. The molecule has 0 fully saturated rings. The number of pyridine rings is 1. The average Bonchev–Trinajstić information content (AvgIpc) is 2.41. The molecule has 0 saturated carbocycles. The van der Waals surface area contributed by atoms with E-state index in [1.165, 1.54) is 11.8 Å². The Hall–Kier alpha value is -0.780. The number of aromatic nitrogens is 1. The standard InChI is InChI=1S/C13H19ClN2O2S/c1-4-18-12(17)13(2,15-3)7-9-19-11-10(14)6-5-8-16-11/h5-6,8,15H,4,7,9H2,1-3H3. The number of thioether (sulfide) groups is 1. The first-order chi connectivity index (χ1) is 9.03. The van der Waals surface area contributed by atoms with E-state index in [0.29, 0.717) is 18.1 Å². The molecule has 1 rings (SSSR count). The van der Waals surface area contributed by atoms with E-state index in [1.54, 1.807) is 32.3 Å². The van der Waals surface area contributed by atoms with Crippen molar-refractivity contribution >= 4 is 29.3 Å². The zero-order chi connectivity index (χ0) is 14.3. The molecule has 6 heteroatoms. The van der Waals surface area contributed by atoms with Crippen molar-refractivity contribution in [2.45, 2.75) is 30.8 Å². The predicted molar refractivity (Wildman–Crippen MR) is 78.7 cm³/mol. The van der Waals surface area contributed by atoms with Crippen LogP contribution in [0.4, 0.5) is 0 Å². The Morgan fingerprint density at radius 1 is 1.63 bits per heavy atom. The van der Waals surface area contributed by atoms with Crippen LogP contribution in [0.1, 0.15) is 20.3 Å². The van der Waals surface area contributed by atoms with Crippen molar-refractivity contribution in [3.63, 3.8) is 0 Å². The van der Waals surface area contributed by atoms with Gasteiger partial charge in [-0.05, 0) is 39.4 Å². The molecule has 0 aliphatic rings. The number of halogens is 1. The highest BCUT2D eigenvalue weighted by Crippen LogP contribution is 2.26. The number of carbonyl (C=O) groups excluding carboxylic acids is 1. The van der Waals surface area contributed by atoms with Gasteiger partial charge in [0.2, 0.25) is 0 Å². The van der Waals surface area contributed by atoms with Gasteiger partial charge in [0, 0.05) is 11.9 Å². The third kappa shape index (κ3) is 4.67. The summed E-state index contributed by atoms with van der Waals surface area (Å²) in [6.07, 6.45) is 2.34. The van der Waals surface area contributed by atoms with Crippen molar-refractivity contribution in [3.05, 3.63) is 23.4 Å².